The van der Waals surface area contributed by atoms with Crippen LogP contribution in [0, 0.1) is 5.82 Å². The second-order valence-electron chi connectivity index (χ2n) is 8.41. The maximum Gasteiger partial charge on any atom is 0.415 e. The van der Waals surface area contributed by atoms with Gasteiger partial charge in [-0.05, 0) is 23.3 Å². The molecule has 36 heavy (non-hydrogen) atoms. The van der Waals surface area contributed by atoms with E-state index in [0.29, 0.717) is 23.8 Å². The second kappa shape index (κ2) is 11.4. The van der Waals surface area contributed by atoms with Gasteiger partial charge in [-0.2, -0.15) is 0 Å². The fourth-order valence-corrected chi connectivity index (χ4v) is 3.68. The lowest BCUT2D eigenvalue weighted by Crippen LogP contribution is -2.33. The predicted octanol–water partition coefficient (Wildman–Crippen LogP) is 5.08. The van der Waals surface area contributed by atoms with Crippen molar-refractivity contribution < 1.29 is 19.0 Å². The number of anilines is 1. The third-order valence-corrected chi connectivity index (χ3v) is 5.58. The molecule has 0 aliphatic carbocycles. The summed E-state index contributed by atoms with van der Waals surface area (Å²) < 4.78 is 19.1. The monoisotopic (exact) mass is 486 g/mol. The predicted molar refractivity (Wildman–Crippen MR) is 136 cm³/mol. The van der Waals surface area contributed by atoms with Crippen molar-refractivity contribution in [3.63, 3.8) is 0 Å². The van der Waals surface area contributed by atoms with E-state index in [1.54, 1.807) is 6.07 Å². The molecule has 1 aromatic heterocycles. The molecule has 184 valence electrons. The molecule has 3 aromatic carbocycles. The lowest BCUT2D eigenvalue weighted by molar-refractivity contribution is 0.112. The van der Waals surface area contributed by atoms with E-state index in [4.69, 9.17) is 9.72 Å². The van der Waals surface area contributed by atoms with Crippen LogP contribution in [-0.4, -0.2) is 46.7 Å². The zero-order valence-electron chi connectivity index (χ0n) is 20.1. The number of carbonyl (C=O) groups excluding carboxylic acids is 1. The van der Waals surface area contributed by atoms with Crippen molar-refractivity contribution in [2.24, 2.45) is 0 Å². The molecule has 4 rings (SSSR count). The van der Waals surface area contributed by atoms with E-state index in [0.717, 1.165) is 11.1 Å². The average molecular weight is 487 g/mol. The zero-order chi connectivity index (χ0) is 25.5. The highest BCUT2D eigenvalue weighted by Crippen LogP contribution is 2.30. The molecule has 1 atom stereocenters. The Balaban J connectivity index is 1.53. The van der Waals surface area contributed by atoms with Crippen molar-refractivity contribution in [2.75, 3.05) is 25.5 Å². The molecule has 1 unspecified atom stereocenters. The number of benzene rings is 3. The minimum absolute atomic E-state index is 0.0816. The number of carbonyl (C=O) groups is 1. The highest BCUT2D eigenvalue weighted by molar-refractivity contribution is 5.75. The van der Waals surface area contributed by atoms with Gasteiger partial charge in [0, 0.05) is 26.2 Å². The van der Waals surface area contributed by atoms with Crippen molar-refractivity contribution in [1.29, 1.82) is 0 Å². The minimum atomic E-state index is -1.07. The van der Waals surface area contributed by atoms with Crippen LogP contribution in [0.3, 0.4) is 0 Å². The van der Waals surface area contributed by atoms with Gasteiger partial charge in [0.1, 0.15) is 11.5 Å². The van der Waals surface area contributed by atoms with Crippen LogP contribution in [0.2, 0.25) is 0 Å². The highest BCUT2D eigenvalue weighted by atomic mass is 19.1. The highest BCUT2D eigenvalue weighted by Gasteiger charge is 2.21. The molecule has 1 N–H and O–H groups in total. The van der Waals surface area contributed by atoms with Crippen molar-refractivity contribution in [3.8, 4) is 17.0 Å². The number of halogens is 1. The molecule has 1 amide bonds. The zero-order valence-corrected chi connectivity index (χ0v) is 20.1. The summed E-state index contributed by atoms with van der Waals surface area (Å²) in [5, 5.41) is 10.4. The van der Waals surface area contributed by atoms with Gasteiger partial charge in [0.15, 0.2) is 5.75 Å². The minimum Gasteiger partial charge on any atom is -0.406 e. The second-order valence-corrected chi connectivity index (χ2v) is 8.41. The number of aromatic nitrogens is 2. The van der Waals surface area contributed by atoms with Crippen molar-refractivity contribution in [3.05, 3.63) is 108 Å². The summed E-state index contributed by atoms with van der Waals surface area (Å²) in [5.41, 5.74) is 2.71. The molecule has 1 heterocycles. The van der Waals surface area contributed by atoms with Gasteiger partial charge >= 0.3 is 6.09 Å². The van der Waals surface area contributed by atoms with Gasteiger partial charge in [-0.25, -0.2) is 19.2 Å². The number of aliphatic hydroxyl groups excluding tert-OH is 1. The van der Waals surface area contributed by atoms with Crippen LogP contribution in [0.5, 0.6) is 5.75 Å². The number of hydrogen-bond donors (Lipinski definition) is 1. The van der Waals surface area contributed by atoms with Gasteiger partial charge in [0.2, 0.25) is 5.95 Å². The molecule has 0 bridgehead atoms. The molecular weight excluding hydrogens is 459 g/mol. The van der Waals surface area contributed by atoms with E-state index in [-0.39, 0.29) is 12.3 Å². The fourth-order valence-electron chi connectivity index (χ4n) is 3.68. The van der Waals surface area contributed by atoms with E-state index in [1.807, 2.05) is 72.6 Å². The first-order chi connectivity index (χ1) is 17.4. The Kier molecular flexibility index (Phi) is 7.87. The number of amides is 1. The summed E-state index contributed by atoms with van der Waals surface area (Å²) in [6.07, 6.45) is -0.297. The number of ether oxygens (including phenoxy) is 1. The Morgan fingerprint density at radius 1 is 1.00 bits per heavy atom. The third kappa shape index (κ3) is 6.22. The Morgan fingerprint density at radius 3 is 2.39 bits per heavy atom. The van der Waals surface area contributed by atoms with Gasteiger partial charge in [-0.15, -0.1) is 0 Å². The van der Waals surface area contributed by atoms with Crippen molar-refractivity contribution in [2.45, 2.75) is 12.6 Å². The first-order valence-electron chi connectivity index (χ1n) is 11.4. The smallest absolute Gasteiger partial charge is 0.406 e. The molecule has 0 radical (unpaired) electrons. The molecule has 0 fully saturated rings. The van der Waals surface area contributed by atoms with E-state index >= 15 is 0 Å². The van der Waals surface area contributed by atoms with Crippen LogP contribution in [0.15, 0.2) is 91.1 Å². The normalized spacial score (nSPS) is 11.6. The van der Waals surface area contributed by atoms with Crippen LogP contribution in [-0.2, 0) is 6.54 Å². The molecule has 0 saturated heterocycles. The molecule has 0 saturated carbocycles. The van der Waals surface area contributed by atoms with Crippen LogP contribution in [0.4, 0.5) is 15.1 Å². The average Bonchev–Trinajstić information content (AvgIpc) is 2.90. The van der Waals surface area contributed by atoms with Crippen LogP contribution >= 0.6 is 0 Å². The number of rotatable bonds is 8. The Morgan fingerprint density at radius 2 is 1.69 bits per heavy atom. The number of nitrogens with zero attached hydrogens (tertiary/aromatic N) is 4. The molecular formula is C28H27FN4O3. The first kappa shape index (κ1) is 24.8. The summed E-state index contributed by atoms with van der Waals surface area (Å²) in [5.74, 6) is 0.210. The summed E-state index contributed by atoms with van der Waals surface area (Å²) in [7, 11) is 3.39. The summed E-state index contributed by atoms with van der Waals surface area (Å²) in [4.78, 5) is 25.1. The standard InChI is InChI=1S/C28H27FN4O3/c1-32(18-20-10-5-3-6-11-20)27-30-17-25(26(31-27)21-12-7-4-8-13-21)36-28(35)33(2)19-24(34)22-14-9-15-23(29)16-22/h3-17,24,34H,18-19H2,1-2H3. The maximum atomic E-state index is 13.5. The van der Waals surface area contributed by atoms with E-state index in [9.17, 15) is 14.3 Å². The first-order valence-corrected chi connectivity index (χ1v) is 11.4. The van der Waals surface area contributed by atoms with Crippen LogP contribution in [0.1, 0.15) is 17.2 Å². The SMILES string of the molecule is CN(CC(O)c1cccc(F)c1)C(=O)Oc1cnc(N(C)Cc2ccccc2)nc1-c1ccccc1. The van der Waals surface area contributed by atoms with Crippen molar-refractivity contribution in [1.82, 2.24) is 14.9 Å². The molecule has 0 aliphatic heterocycles. The molecule has 0 spiro atoms. The largest absolute Gasteiger partial charge is 0.415 e. The molecule has 0 aliphatic rings. The van der Waals surface area contributed by atoms with Crippen LogP contribution in [0.25, 0.3) is 11.3 Å². The third-order valence-electron chi connectivity index (χ3n) is 5.58. The quantitative estimate of drug-likeness (QED) is 0.374. The molecule has 8 heteroatoms. The number of hydrogen-bond acceptors (Lipinski definition) is 6. The Labute approximate surface area is 209 Å². The summed E-state index contributed by atoms with van der Waals surface area (Å²) in [6, 6.07) is 25.0. The lowest BCUT2D eigenvalue weighted by Gasteiger charge is -2.22. The van der Waals surface area contributed by atoms with Gasteiger partial charge in [-0.1, -0.05) is 72.8 Å². The van der Waals surface area contributed by atoms with Crippen LogP contribution < -0.4 is 9.64 Å². The Hall–Kier alpha value is -4.30. The van der Waals surface area contributed by atoms with E-state index in [1.165, 1.54) is 36.3 Å². The molecule has 4 aromatic rings. The number of aliphatic hydroxyl groups is 1. The van der Waals surface area contributed by atoms with Gasteiger partial charge in [0.05, 0.1) is 18.8 Å². The molecule has 7 nitrogen and oxygen atoms in total. The van der Waals surface area contributed by atoms with Gasteiger partial charge in [0.25, 0.3) is 0 Å². The summed E-state index contributed by atoms with van der Waals surface area (Å²) in [6.45, 7) is 0.524. The topological polar surface area (TPSA) is 78.8 Å². The fraction of sp³-hybridized carbons (Fsp3) is 0.179. The summed E-state index contributed by atoms with van der Waals surface area (Å²) >= 11 is 0. The Bertz CT molecular complexity index is 1300. The van der Waals surface area contributed by atoms with Gasteiger partial charge < -0.3 is 19.6 Å². The van der Waals surface area contributed by atoms with Gasteiger partial charge in [-0.3, -0.25) is 0 Å². The van der Waals surface area contributed by atoms with Crippen molar-refractivity contribution >= 4 is 12.0 Å². The lowest BCUT2D eigenvalue weighted by atomic mass is 10.1. The maximum absolute atomic E-state index is 13.5. The van der Waals surface area contributed by atoms with E-state index in [2.05, 4.69) is 4.98 Å². The number of likely N-dealkylation sites (N-methyl/N-ethyl adjacent to an activating group) is 1. The van der Waals surface area contributed by atoms with E-state index < -0.39 is 18.0 Å².